The Morgan fingerprint density at radius 3 is 2.12 bits per heavy atom. The van der Waals surface area contributed by atoms with Gasteiger partial charge >= 0.3 is 7.12 Å². The Morgan fingerprint density at radius 1 is 1.00 bits per heavy atom. The monoisotopic (exact) mass is 259 g/mol. The van der Waals surface area contributed by atoms with Crippen LogP contribution in [-0.2, 0) is 9.31 Å². The van der Waals surface area contributed by atoms with Crippen molar-refractivity contribution < 1.29 is 9.31 Å². The Morgan fingerprint density at radius 2 is 1.56 bits per heavy atom. The van der Waals surface area contributed by atoms with E-state index in [4.69, 9.17) is 32.5 Å². The van der Waals surface area contributed by atoms with Gasteiger partial charge in [0, 0.05) is 36.3 Å². The van der Waals surface area contributed by atoms with Gasteiger partial charge in [-0.3, -0.25) is 0 Å². The van der Waals surface area contributed by atoms with Gasteiger partial charge in [-0.2, -0.15) is 0 Å². The Balaban J connectivity index is 2.13. The molecular weight excluding hydrogens is 248 g/mol. The maximum atomic E-state index is 5.93. The van der Waals surface area contributed by atoms with Crippen molar-refractivity contribution in [2.75, 3.05) is 26.3 Å². The Labute approximate surface area is 105 Å². The fourth-order valence-corrected chi connectivity index (χ4v) is 2.10. The minimum Gasteiger partial charge on any atom is -0.406 e. The molecule has 0 atom stereocenters. The summed E-state index contributed by atoms with van der Waals surface area (Å²) in [6, 6.07) is 5.32. The van der Waals surface area contributed by atoms with Gasteiger partial charge in [0.05, 0.1) is 0 Å². The van der Waals surface area contributed by atoms with Gasteiger partial charge in [0.1, 0.15) is 0 Å². The summed E-state index contributed by atoms with van der Waals surface area (Å²) >= 11 is 11.9. The maximum absolute atomic E-state index is 5.93. The zero-order valence-corrected chi connectivity index (χ0v) is 10.2. The molecule has 1 N–H and O–H groups in total. The smallest absolute Gasteiger partial charge is 0.406 e. The summed E-state index contributed by atoms with van der Waals surface area (Å²) in [7, 11) is -0.377. The normalized spacial score (nSPS) is 18.0. The summed E-state index contributed by atoms with van der Waals surface area (Å²) in [5, 5.41) is 4.36. The summed E-state index contributed by atoms with van der Waals surface area (Å²) in [6.45, 7) is 2.87. The van der Waals surface area contributed by atoms with Crippen LogP contribution in [0.1, 0.15) is 0 Å². The second-order valence-corrected chi connectivity index (χ2v) is 4.40. The third-order valence-electron chi connectivity index (χ3n) is 2.25. The van der Waals surface area contributed by atoms with Crippen molar-refractivity contribution in [1.29, 1.82) is 0 Å². The van der Waals surface area contributed by atoms with E-state index < -0.39 is 0 Å². The SMILES string of the molecule is Clc1cc(Cl)cc(B2OCCNCCO2)c1. The topological polar surface area (TPSA) is 30.5 Å². The molecule has 0 aromatic heterocycles. The summed E-state index contributed by atoms with van der Waals surface area (Å²) < 4.78 is 11.2. The van der Waals surface area contributed by atoms with Crippen LogP contribution < -0.4 is 10.8 Å². The molecule has 1 saturated heterocycles. The van der Waals surface area contributed by atoms with E-state index in [9.17, 15) is 0 Å². The second kappa shape index (κ2) is 5.89. The van der Waals surface area contributed by atoms with E-state index in [0.29, 0.717) is 23.3 Å². The number of hydrogen-bond donors (Lipinski definition) is 1. The standard InChI is InChI=1S/C10H12BCl2NO2/c12-9-5-8(6-10(13)7-9)11-15-3-1-14-2-4-16-11/h5-7,14H,1-4H2. The van der Waals surface area contributed by atoms with Gasteiger partial charge in [0.25, 0.3) is 0 Å². The molecule has 0 amide bonds. The molecule has 16 heavy (non-hydrogen) atoms. The molecule has 0 bridgehead atoms. The first-order chi connectivity index (χ1) is 7.75. The molecule has 1 aromatic carbocycles. The predicted octanol–water partition coefficient (Wildman–Crippen LogP) is 1.32. The third kappa shape index (κ3) is 3.37. The number of halogens is 2. The fourth-order valence-electron chi connectivity index (χ4n) is 1.55. The third-order valence-corrected chi connectivity index (χ3v) is 2.69. The Bertz CT molecular complexity index is 336. The summed E-state index contributed by atoms with van der Waals surface area (Å²) in [5.41, 5.74) is 0.861. The molecule has 1 aliphatic heterocycles. The quantitative estimate of drug-likeness (QED) is 0.772. The average molecular weight is 260 g/mol. The van der Waals surface area contributed by atoms with Crippen molar-refractivity contribution >= 4 is 35.8 Å². The van der Waals surface area contributed by atoms with E-state index in [1.54, 1.807) is 6.07 Å². The van der Waals surface area contributed by atoms with Crippen LogP contribution in [0.4, 0.5) is 0 Å². The van der Waals surface area contributed by atoms with Gasteiger partial charge in [0.15, 0.2) is 0 Å². The molecular formula is C10H12BCl2NO2. The minimum atomic E-state index is -0.377. The second-order valence-electron chi connectivity index (χ2n) is 3.53. The van der Waals surface area contributed by atoms with E-state index >= 15 is 0 Å². The zero-order valence-electron chi connectivity index (χ0n) is 8.71. The van der Waals surface area contributed by atoms with E-state index in [1.807, 2.05) is 12.1 Å². The first-order valence-corrected chi connectivity index (χ1v) is 5.91. The molecule has 0 unspecified atom stereocenters. The van der Waals surface area contributed by atoms with Crippen LogP contribution in [0.3, 0.4) is 0 Å². The highest BCUT2D eigenvalue weighted by Crippen LogP contribution is 2.14. The van der Waals surface area contributed by atoms with Crippen LogP contribution in [0.2, 0.25) is 10.0 Å². The molecule has 0 spiro atoms. The van der Waals surface area contributed by atoms with Gasteiger partial charge in [-0.05, 0) is 23.7 Å². The molecule has 3 nitrogen and oxygen atoms in total. The minimum absolute atomic E-state index is 0.377. The van der Waals surface area contributed by atoms with E-state index in [2.05, 4.69) is 5.32 Å². The molecule has 0 saturated carbocycles. The van der Waals surface area contributed by atoms with Crippen molar-refractivity contribution in [1.82, 2.24) is 5.32 Å². The van der Waals surface area contributed by atoms with Crippen LogP contribution in [0, 0.1) is 0 Å². The van der Waals surface area contributed by atoms with Crippen molar-refractivity contribution in [2.24, 2.45) is 0 Å². The highest BCUT2D eigenvalue weighted by atomic mass is 35.5. The lowest BCUT2D eigenvalue weighted by Gasteiger charge is -2.19. The first-order valence-electron chi connectivity index (χ1n) is 5.15. The summed E-state index contributed by atoms with van der Waals surface area (Å²) in [5.74, 6) is 0. The van der Waals surface area contributed by atoms with Gasteiger partial charge in [-0.25, -0.2) is 0 Å². The lowest BCUT2D eigenvalue weighted by atomic mass is 9.79. The summed E-state index contributed by atoms with van der Waals surface area (Å²) in [6.07, 6.45) is 0. The number of benzene rings is 1. The van der Waals surface area contributed by atoms with E-state index in [0.717, 1.165) is 18.6 Å². The molecule has 2 rings (SSSR count). The highest BCUT2D eigenvalue weighted by Gasteiger charge is 2.23. The number of rotatable bonds is 1. The van der Waals surface area contributed by atoms with E-state index in [1.165, 1.54) is 0 Å². The van der Waals surface area contributed by atoms with Gasteiger partial charge in [-0.1, -0.05) is 23.2 Å². The predicted molar refractivity (Wildman–Crippen MR) is 66.6 cm³/mol. The summed E-state index contributed by atoms with van der Waals surface area (Å²) in [4.78, 5) is 0. The lowest BCUT2D eigenvalue weighted by Crippen LogP contribution is -2.43. The van der Waals surface area contributed by atoms with Crippen molar-refractivity contribution in [3.63, 3.8) is 0 Å². The van der Waals surface area contributed by atoms with Crippen molar-refractivity contribution in [3.8, 4) is 0 Å². The number of hydrogen-bond acceptors (Lipinski definition) is 3. The van der Waals surface area contributed by atoms with Gasteiger partial charge in [-0.15, -0.1) is 0 Å². The van der Waals surface area contributed by atoms with Crippen LogP contribution in [0.25, 0.3) is 0 Å². The Hall–Kier alpha value is -0.255. The first kappa shape index (κ1) is 12.2. The molecule has 86 valence electrons. The molecule has 0 radical (unpaired) electrons. The fraction of sp³-hybridized carbons (Fsp3) is 0.400. The van der Waals surface area contributed by atoms with E-state index in [-0.39, 0.29) is 7.12 Å². The molecule has 1 aliphatic rings. The molecule has 6 heteroatoms. The molecule has 1 fully saturated rings. The highest BCUT2D eigenvalue weighted by molar-refractivity contribution is 6.62. The number of nitrogens with one attached hydrogen (secondary N) is 1. The van der Waals surface area contributed by atoms with Crippen molar-refractivity contribution in [2.45, 2.75) is 0 Å². The zero-order chi connectivity index (χ0) is 11.4. The van der Waals surface area contributed by atoms with Crippen LogP contribution in [0.15, 0.2) is 18.2 Å². The molecule has 0 aliphatic carbocycles. The largest absolute Gasteiger partial charge is 0.494 e. The van der Waals surface area contributed by atoms with Gasteiger partial charge in [0.2, 0.25) is 0 Å². The van der Waals surface area contributed by atoms with Crippen LogP contribution in [0.5, 0.6) is 0 Å². The molecule has 1 aromatic rings. The van der Waals surface area contributed by atoms with Crippen molar-refractivity contribution in [3.05, 3.63) is 28.2 Å². The average Bonchev–Trinajstić information content (AvgIpc) is 2.14. The maximum Gasteiger partial charge on any atom is 0.494 e. The lowest BCUT2D eigenvalue weighted by molar-refractivity contribution is 0.187. The molecule has 1 heterocycles. The van der Waals surface area contributed by atoms with Crippen LogP contribution >= 0.6 is 23.2 Å². The van der Waals surface area contributed by atoms with Crippen LogP contribution in [-0.4, -0.2) is 33.4 Å². The van der Waals surface area contributed by atoms with Gasteiger partial charge < -0.3 is 14.6 Å². The Kier molecular flexibility index (Phi) is 4.50.